The first-order valence-corrected chi connectivity index (χ1v) is 12.4. The van der Waals surface area contributed by atoms with E-state index in [0.717, 1.165) is 17.2 Å². The fraction of sp³-hybridized carbons (Fsp3) is 0.250. The number of carbonyl (C=O) groups excluding carboxylic acids is 2. The van der Waals surface area contributed by atoms with Gasteiger partial charge in [-0.2, -0.15) is 5.10 Å². The van der Waals surface area contributed by atoms with Crippen LogP contribution in [0.25, 0.3) is 0 Å². The molecule has 5 rings (SSSR count). The summed E-state index contributed by atoms with van der Waals surface area (Å²) in [5, 5.41) is 6.57. The van der Waals surface area contributed by atoms with Crippen LogP contribution in [0.5, 0.6) is 11.5 Å². The predicted octanol–water partition coefficient (Wildman–Crippen LogP) is 4.67. The summed E-state index contributed by atoms with van der Waals surface area (Å²) in [5.74, 6) is -0.211. The third-order valence-corrected chi connectivity index (χ3v) is 6.71. The highest BCUT2D eigenvalue weighted by atomic mass is 35.5. The highest BCUT2D eigenvalue weighted by Gasteiger charge is 2.36. The van der Waals surface area contributed by atoms with Gasteiger partial charge in [0, 0.05) is 36.2 Å². The van der Waals surface area contributed by atoms with Crippen LogP contribution in [0.15, 0.2) is 71.8 Å². The fourth-order valence-corrected chi connectivity index (χ4v) is 4.72. The second-order valence-corrected chi connectivity index (χ2v) is 9.23. The zero-order valence-electron chi connectivity index (χ0n) is 20.6. The average Bonchev–Trinajstić information content (AvgIpc) is 3.58. The van der Waals surface area contributed by atoms with Crippen LogP contribution in [-0.2, 0) is 9.53 Å². The minimum absolute atomic E-state index is 0.129. The number of rotatable bonds is 8. The molecule has 2 aliphatic heterocycles. The number of hydrogen-bond acceptors (Lipinski definition) is 6. The lowest BCUT2D eigenvalue weighted by molar-refractivity contribution is -0.133. The Kier molecular flexibility index (Phi) is 7.57. The first-order valence-electron chi connectivity index (χ1n) is 12.0. The van der Waals surface area contributed by atoms with E-state index in [1.165, 1.54) is 35.2 Å². The van der Waals surface area contributed by atoms with Gasteiger partial charge in [0.25, 0.3) is 11.8 Å². The van der Waals surface area contributed by atoms with E-state index < -0.39 is 23.7 Å². The highest BCUT2D eigenvalue weighted by molar-refractivity contribution is 6.34. The summed E-state index contributed by atoms with van der Waals surface area (Å²) in [7, 11) is 1.50. The van der Waals surface area contributed by atoms with Crippen LogP contribution in [0.4, 0.5) is 4.39 Å². The van der Waals surface area contributed by atoms with Gasteiger partial charge in [-0.15, -0.1) is 0 Å². The van der Waals surface area contributed by atoms with E-state index in [2.05, 4.69) is 5.10 Å². The maximum Gasteiger partial charge on any atom is 0.262 e. The summed E-state index contributed by atoms with van der Waals surface area (Å²) >= 11 is 6.45. The number of hydrazone groups is 1. The highest BCUT2D eigenvalue weighted by Crippen LogP contribution is 2.39. The number of carbonyl (C=O) groups is 2. The molecule has 1 atom stereocenters. The van der Waals surface area contributed by atoms with Gasteiger partial charge in [0.2, 0.25) is 6.79 Å². The van der Waals surface area contributed by atoms with Gasteiger partial charge in [-0.1, -0.05) is 41.9 Å². The largest absolute Gasteiger partial charge is 0.454 e. The Morgan fingerprint density at radius 3 is 2.71 bits per heavy atom. The zero-order valence-corrected chi connectivity index (χ0v) is 21.4. The molecule has 0 radical (unpaired) electrons. The molecule has 0 N–H and O–H groups in total. The molecule has 2 amide bonds. The maximum atomic E-state index is 13.8. The van der Waals surface area contributed by atoms with Crippen molar-refractivity contribution in [2.75, 3.05) is 33.6 Å². The third-order valence-electron chi connectivity index (χ3n) is 6.38. The van der Waals surface area contributed by atoms with Gasteiger partial charge in [-0.3, -0.25) is 9.59 Å². The number of halogens is 2. The maximum absolute atomic E-state index is 13.8. The van der Waals surface area contributed by atoms with Crippen LogP contribution in [-0.4, -0.2) is 61.0 Å². The van der Waals surface area contributed by atoms with E-state index in [9.17, 15) is 14.0 Å². The Morgan fingerprint density at radius 2 is 1.92 bits per heavy atom. The molecule has 0 saturated carbocycles. The molecule has 3 aromatic carbocycles. The molecule has 10 heteroatoms. The molecular formula is C28H25ClFN3O5. The van der Waals surface area contributed by atoms with Gasteiger partial charge >= 0.3 is 0 Å². The van der Waals surface area contributed by atoms with Crippen molar-refractivity contribution in [2.24, 2.45) is 5.10 Å². The van der Waals surface area contributed by atoms with E-state index in [4.69, 9.17) is 25.8 Å². The van der Waals surface area contributed by atoms with Crippen LogP contribution < -0.4 is 9.47 Å². The summed E-state index contributed by atoms with van der Waals surface area (Å²) in [5.41, 5.74) is 2.31. The first kappa shape index (κ1) is 25.7. The molecule has 2 aliphatic rings. The number of nitrogens with zero attached hydrogens (tertiary/aromatic N) is 3. The predicted molar refractivity (Wildman–Crippen MR) is 139 cm³/mol. The van der Waals surface area contributed by atoms with Crippen LogP contribution >= 0.6 is 11.6 Å². The van der Waals surface area contributed by atoms with Gasteiger partial charge in [-0.05, 0) is 42.0 Å². The van der Waals surface area contributed by atoms with E-state index >= 15 is 0 Å². The molecule has 38 heavy (non-hydrogen) atoms. The van der Waals surface area contributed by atoms with Crippen LogP contribution in [0.1, 0.15) is 33.9 Å². The van der Waals surface area contributed by atoms with E-state index in [1.54, 1.807) is 12.1 Å². The van der Waals surface area contributed by atoms with Crippen molar-refractivity contribution in [2.45, 2.75) is 12.5 Å². The topological polar surface area (TPSA) is 80.7 Å². The molecule has 2 heterocycles. The Balaban J connectivity index is 1.46. The number of ether oxygens (including phenoxy) is 3. The van der Waals surface area contributed by atoms with Crippen LogP contribution in [0.3, 0.4) is 0 Å². The van der Waals surface area contributed by atoms with Gasteiger partial charge < -0.3 is 19.1 Å². The zero-order chi connectivity index (χ0) is 26.6. The summed E-state index contributed by atoms with van der Waals surface area (Å²) in [6, 6.07) is 17.7. The van der Waals surface area contributed by atoms with Crippen LogP contribution in [0.2, 0.25) is 5.02 Å². The lowest BCUT2D eigenvalue weighted by Gasteiger charge is -2.27. The van der Waals surface area contributed by atoms with Crippen molar-refractivity contribution in [3.05, 3.63) is 94.3 Å². The van der Waals surface area contributed by atoms with Crippen molar-refractivity contribution < 1.29 is 28.2 Å². The average molecular weight is 538 g/mol. The molecule has 8 nitrogen and oxygen atoms in total. The molecule has 0 spiro atoms. The lowest BCUT2D eigenvalue weighted by Crippen LogP contribution is -2.42. The summed E-state index contributed by atoms with van der Waals surface area (Å²) in [6.07, 6.45) is 0.408. The van der Waals surface area contributed by atoms with Gasteiger partial charge in [0.15, 0.2) is 11.5 Å². The smallest absolute Gasteiger partial charge is 0.262 e. The molecule has 0 aromatic heterocycles. The molecule has 0 saturated heterocycles. The molecule has 0 aliphatic carbocycles. The minimum atomic E-state index is -0.537. The van der Waals surface area contributed by atoms with Gasteiger partial charge in [0.05, 0.1) is 18.4 Å². The Bertz CT molecular complexity index is 1400. The molecule has 0 unspecified atom stereocenters. The second kappa shape index (κ2) is 11.2. The van der Waals surface area contributed by atoms with Crippen molar-refractivity contribution >= 4 is 29.1 Å². The number of benzene rings is 3. The number of fused-ring (bicyclic) bond motifs is 1. The Hall–Kier alpha value is -3.95. The van der Waals surface area contributed by atoms with Crippen molar-refractivity contribution in [1.29, 1.82) is 0 Å². The minimum Gasteiger partial charge on any atom is -0.454 e. The van der Waals surface area contributed by atoms with Crippen molar-refractivity contribution in [3.63, 3.8) is 0 Å². The van der Waals surface area contributed by atoms with Gasteiger partial charge in [-0.25, -0.2) is 9.40 Å². The first-order chi connectivity index (χ1) is 18.4. The summed E-state index contributed by atoms with van der Waals surface area (Å²) in [4.78, 5) is 28.3. The molecule has 0 fully saturated rings. The van der Waals surface area contributed by atoms with E-state index in [-0.39, 0.29) is 32.1 Å². The number of amides is 2. The summed E-state index contributed by atoms with van der Waals surface area (Å²) in [6.45, 7) is 0.193. The van der Waals surface area contributed by atoms with Crippen molar-refractivity contribution in [3.8, 4) is 11.5 Å². The standard InChI is InChI=1S/C28H25ClFN3O5/c1-36-12-11-32(28(35)19-5-4-6-20(30)13-19)16-27(34)33-24(18-9-10-25-26(14-18)38-17-37-25)15-23(31-33)21-7-2-3-8-22(21)29/h2-10,13-14,24H,11-12,15-17H2,1H3/t24-/m1/s1. The fourth-order valence-electron chi connectivity index (χ4n) is 4.47. The lowest BCUT2D eigenvalue weighted by atomic mass is 9.98. The normalized spacial score (nSPS) is 15.9. The summed E-state index contributed by atoms with van der Waals surface area (Å²) < 4.78 is 29.9. The quantitative estimate of drug-likeness (QED) is 0.417. The molecular weight excluding hydrogens is 513 g/mol. The number of hydrogen-bond donors (Lipinski definition) is 0. The Labute approximate surface area is 224 Å². The van der Waals surface area contributed by atoms with E-state index in [1.807, 2.05) is 30.3 Å². The molecule has 3 aromatic rings. The van der Waals surface area contributed by atoms with Crippen LogP contribution in [0, 0.1) is 5.82 Å². The second-order valence-electron chi connectivity index (χ2n) is 8.83. The van der Waals surface area contributed by atoms with Crippen molar-refractivity contribution in [1.82, 2.24) is 9.91 Å². The molecule has 0 bridgehead atoms. The number of methoxy groups -OCH3 is 1. The third kappa shape index (κ3) is 5.34. The SMILES string of the molecule is COCCN(CC(=O)N1N=C(c2ccccc2Cl)C[C@@H]1c1ccc2c(c1)OCO2)C(=O)c1cccc(F)c1. The van der Waals surface area contributed by atoms with Gasteiger partial charge in [0.1, 0.15) is 12.4 Å². The Morgan fingerprint density at radius 1 is 1.11 bits per heavy atom. The monoisotopic (exact) mass is 537 g/mol. The van der Waals surface area contributed by atoms with E-state index in [0.29, 0.717) is 28.7 Å². The molecule has 196 valence electrons.